The summed E-state index contributed by atoms with van der Waals surface area (Å²) in [6, 6.07) is 1.61. The molecule has 0 aromatic heterocycles. The van der Waals surface area contributed by atoms with Crippen LogP contribution in [0.2, 0.25) is 0 Å². The first-order valence-corrected chi connectivity index (χ1v) is 4.00. The van der Waals surface area contributed by atoms with E-state index in [1.807, 2.05) is 0 Å². The zero-order chi connectivity index (χ0) is 11.9. The van der Waals surface area contributed by atoms with E-state index in [9.17, 15) is 26.1 Å². The molecule has 8 heteroatoms. The van der Waals surface area contributed by atoms with Gasteiger partial charge in [-0.15, -0.1) is 5.46 Å². The Morgan fingerprint density at radius 3 is 1.94 bits per heavy atom. The van der Waals surface area contributed by atoms with E-state index in [4.69, 9.17) is 0 Å². The molecule has 0 amide bonds. The predicted octanol–water partition coefficient (Wildman–Crippen LogP) is 0.0722. The van der Waals surface area contributed by atoms with Gasteiger partial charge in [0.1, 0.15) is 0 Å². The third-order valence-electron chi connectivity index (χ3n) is 1.96. The van der Waals surface area contributed by atoms with Crippen LogP contribution < -0.4 is 56.8 Å². The molecule has 0 aliphatic carbocycles. The van der Waals surface area contributed by atoms with Crippen molar-refractivity contribution in [2.75, 3.05) is 0 Å². The first-order chi connectivity index (χ1) is 6.62. The SMILES string of the molecule is Cc1ccc(C(F)(F)F)cc1[B-](F)(F)F.[K+]. The van der Waals surface area contributed by atoms with Crippen LogP contribution in [0, 0.1) is 6.92 Å². The van der Waals surface area contributed by atoms with Crippen molar-refractivity contribution in [3.8, 4) is 0 Å². The summed E-state index contributed by atoms with van der Waals surface area (Å²) in [6.07, 6.45) is -4.75. The van der Waals surface area contributed by atoms with E-state index in [0.29, 0.717) is 6.07 Å². The molecule has 0 heterocycles. The average molecular weight is 266 g/mol. The topological polar surface area (TPSA) is 0 Å². The predicted molar refractivity (Wildman–Crippen MR) is 44.9 cm³/mol. The fourth-order valence-electron chi connectivity index (χ4n) is 1.17. The van der Waals surface area contributed by atoms with Crippen molar-refractivity contribution in [3.05, 3.63) is 29.3 Å². The standard InChI is InChI=1S/C8H6BF6.K/c1-5-2-3-6(8(10,11)12)4-7(5)9(13,14)15;/h2-4H,1H3;/q-1;+1. The van der Waals surface area contributed by atoms with Crippen molar-refractivity contribution in [2.45, 2.75) is 13.1 Å². The summed E-state index contributed by atoms with van der Waals surface area (Å²) < 4.78 is 73.3. The van der Waals surface area contributed by atoms with Crippen LogP contribution in [0.4, 0.5) is 26.1 Å². The van der Waals surface area contributed by atoms with Gasteiger partial charge in [0.25, 0.3) is 0 Å². The number of benzene rings is 1. The molecule has 0 aliphatic heterocycles. The van der Waals surface area contributed by atoms with Crippen LogP contribution in [0.5, 0.6) is 0 Å². The molecule has 0 radical (unpaired) electrons. The maximum absolute atomic E-state index is 12.3. The van der Waals surface area contributed by atoms with Gasteiger partial charge in [0.05, 0.1) is 5.56 Å². The Morgan fingerprint density at radius 1 is 1.06 bits per heavy atom. The van der Waals surface area contributed by atoms with E-state index in [0.717, 1.165) is 13.0 Å². The number of alkyl halides is 3. The van der Waals surface area contributed by atoms with Crippen molar-refractivity contribution in [1.29, 1.82) is 0 Å². The molecule has 1 aromatic carbocycles. The van der Waals surface area contributed by atoms with Gasteiger partial charge in [0, 0.05) is 0 Å². The van der Waals surface area contributed by atoms with Gasteiger partial charge >= 0.3 is 64.5 Å². The van der Waals surface area contributed by atoms with Crippen molar-refractivity contribution in [2.24, 2.45) is 0 Å². The van der Waals surface area contributed by atoms with E-state index in [1.165, 1.54) is 0 Å². The first kappa shape index (κ1) is 16.5. The van der Waals surface area contributed by atoms with Crippen molar-refractivity contribution >= 4 is 12.4 Å². The molecule has 0 unspecified atom stereocenters. The number of hydrogen-bond donors (Lipinski definition) is 0. The van der Waals surface area contributed by atoms with Crippen molar-refractivity contribution < 1.29 is 77.5 Å². The minimum Gasteiger partial charge on any atom is -0.445 e. The van der Waals surface area contributed by atoms with E-state index in [-0.39, 0.29) is 63.0 Å². The molecule has 1 aromatic rings. The molecule has 84 valence electrons. The molecule has 1 rings (SSSR count). The summed E-state index contributed by atoms with van der Waals surface area (Å²) in [5.41, 5.74) is -2.66. The first-order valence-electron chi connectivity index (χ1n) is 4.00. The Kier molecular flexibility index (Phi) is 5.60. The quantitative estimate of drug-likeness (QED) is 0.498. The maximum atomic E-state index is 12.3. The van der Waals surface area contributed by atoms with Crippen LogP contribution in [0.3, 0.4) is 0 Å². The molecule has 0 atom stereocenters. The normalized spacial score (nSPS) is 12.2. The smallest absolute Gasteiger partial charge is 0.445 e. The Hall–Kier alpha value is 0.501. The summed E-state index contributed by atoms with van der Waals surface area (Å²) >= 11 is 0. The van der Waals surface area contributed by atoms with Gasteiger partial charge in [-0.2, -0.15) is 13.2 Å². The van der Waals surface area contributed by atoms with E-state index in [2.05, 4.69) is 0 Å². The van der Waals surface area contributed by atoms with Gasteiger partial charge in [0.2, 0.25) is 0 Å². The molecular formula is C8H6BF6K. The fourth-order valence-corrected chi connectivity index (χ4v) is 1.17. The summed E-state index contributed by atoms with van der Waals surface area (Å²) in [7, 11) is 0. The van der Waals surface area contributed by atoms with Crippen LogP contribution in [-0.4, -0.2) is 6.98 Å². The largest absolute Gasteiger partial charge is 1.00 e. The zero-order valence-corrected chi connectivity index (χ0v) is 11.7. The second kappa shape index (κ2) is 5.43. The summed E-state index contributed by atoms with van der Waals surface area (Å²) in [5.74, 6) is 0. The van der Waals surface area contributed by atoms with Crippen LogP contribution in [0.15, 0.2) is 18.2 Å². The minimum atomic E-state index is -5.40. The molecular weight excluding hydrogens is 260 g/mol. The van der Waals surface area contributed by atoms with Gasteiger partial charge in [-0.05, 0) is 13.0 Å². The van der Waals surface area contributed by atoms with Gasteiger partial charge in [-0.3, -0.25) is 0 Å². The Balaban J connectivity index is 0.00000225. The third kappa shape index (κ3) is 4.06. The monoisotopic (exact) mass is 266 g/mol. The molecule has 0 spiro atoms. The Bertz CT molecular complexity index is 370. The Labute approximate surface area is 131 Å². The number of halogens is 6. The second-order valence-corrected chi connectivity index (χ2v) is 3.14. The van der Waals surface area contributed by atoms with E-state index < -0.39 is 24.2 Å². The minimum absolute atomic E-state index is 0. The number of rotatable bonds is 1. The molecule has 0 bridgehead atoms. The molecule has 16 heavy (non-hydrogen) atoms. The van der Waals surface area contributed by atoms with Gasteiger partial charge in [-0.25, -0.2) is 0 Å². The maximum Gasteiger partial charge on any atom is 1.00 e. The summed E-state index contributed by atoms with van der Waals surface area (Å²) in [5, 5.41) is 0. The Morgan fingerprint density at radius 2 is 1.56 bits per heavy atom. The summed E-state index contributed by atoms with van der Waals surface area (Å²) in [4.78, 5) is 0. The van der Waals surface area contributed by atoms with Gasteiger partial charge in [-0.1, -0.05) is 17.7 Å². The fraction of sp³-hybridized carbons (Fsp3) is 0.250. The molecule has 0 saturated carbocycles. The second-order valence-electron chi connectivity index (χ2n) is 3.14. The molecule has 0 N–H and O–H groups in total. The van der Waals surface area contributed by atoms with Crippen molar-refractivity contribution in [3.63, 3.8) is 0 Å². The third-order valence-corrected chi connectivity index (χ3v) is 1.96. The molecule has 0 nitrogen and oxygen atoms in total. The zero-order valence-electron chi connectivity index (χ0n) is 8.58. The average Bonchev–Trinajstić information content (AvgIpc) is 2.00. The number of aryl methyl sites for hydroxylation is 1. The molecule has 0 aliphatic rings. The van der Waals surface area contributed by atoms with Crippen LogP contribution in [0.1, 0.15) is 11.1 Å². The number of hydrogen-bond acceptors (Lipinski definition) is 0. The van der Waals surface area contributed by atoms with E-state index >= 15 is 0 Å². The molecule has 0 fully saturated rings. The van der Waals surface area contributed by atoms with Gasteiger partial charge in [0.15, 0.2) is 0 Å². The van der Waals surface area contributed by atoms with E-state index in [1.54, 1.807) is 0 Å². The van der Waals surface area contributed by atoms with Crippen molar-refractivity contribution in [1.82, 2.24) is 0 Å². The summed E-state index contributed by atoms with van der Waals surface area (Å²) in [6.45, 7) is -4.27. The van der Waals surface area contributed by atoms with Crippen LogP contribution >= 0.6 is 0 Å². The van der Waals surface area contributed by atoms with Crippen LogP contribution in [-0.2, 0) is 6.18 Å². The van der Waals surface area contributed by atoms with Gasteiger partial charge < -0.3 is 12.9 Å². The molecule has 0 saturated heterocycles. The van der Waals surface area contributed by atoms with Crippen LogP contribution in [0.25, 0.3) is 0 Å².